The number of hydrogen-bond acceptors (Lipinski definition) is 5. The Balaban J connectivity index is 1.81. The van der Waals surface area contributed by atoms with Crippen molar-refractivity contribution in [3.63, 3.8) is 0 Å². The molecule has 0 saturated carbocycles. The number of aromatic nitrogens is 3. The van der Waals surface area contributed by atoms with Crippen LogP contribution >= 0.6 is 35.0 Å². The van der Waals surface area contributed by atoms with Crippen LogP contribution in [0.2, 0.25) is 10.0 Å². The lowest BCUT2D eigenvalue weighted by molar-refractivity contribution is -0.113. The zero-order chi connectivity index (χ0) is 23.3. The van der Waals surface area contributed by atoms with Crippen LogP contribution in [-0.4, -0.2) is 45.4 Å². The maximum absolute atomic E-state index is 12.7. The van der Waals surface area contributed by atoms with Gasteiger partial charge in [-0.2, -0.15) is 0 Å². The van der Waals surface area contributed by atoms with Crippen molar-refractivity contribution in [1.29, 1.82) is 0 Å². The summed E-state index contributed by atoms with van der Waals surface area (Å²) in [7, 11) is 4.07. The molecule has 3 aromatic rings. The first-order chi connectivity index (χ1) is 15.3. The second-order valence-corrected chi connectivity index (χ2v) is 9.42. The molecule has 0 spiro atoms. The minimum atomic E-state index is -0.208. The highest BCUT2D eigenvalue weighted by Gasteiger charge is 2.23. The predicted molar refractivity (Wildman–Crippen MR) is 133 cm³/mol. The van der Waals surface area contributed by atoms with E-state index in [1.807, 2.05) is 45.3 Å². The number of carbonyl (C=O) groups excluding carboxylic acids is 1. The lowest BCUT2D eigenvalue weighted by atomic mass is 10.2. The van der Waals surface area contributed by atoms with Gasteiger partial charge < -0.3 is 9.88 Å². The molecule has 1 N–H and O–H groups in total. The van der Waals surface area contributed by atoms with Crippen LogP contribution in [0.25, 0.3) is 0 Å². The van der Waals surface area contributed by atoms with Crippen molar-refractivity contribution in [1.82, 2.24) is 19.7 Å². The molecular formula is C23H27Cl2N5OS. The fourth-order valence-corrected chi connectivity index (χ4v) is 4.63. The van der Waals surface area contributed by atoms with Crippen molar-refractivity contribution < 1.29 is 4.79 Å². The number of amides is 1. The highest BCUT2D eigenvalue weighted by molar-refractivity contribution is 7.99. The standard InChI is InChI=1S/C23H27Cl2N5OS/c1-5-18(29(3)4)22-27-28-23(30(22)13-16-9-7-6-8-10-16)32-14-19(31)26-21-17(24)12-11-15(2)20(21)25/h6-12,18H,5,13-14H2,1-4H3,(H,26,31)/t18-/m1/s1. The van der Waals surface area contributed by atoms with Crippen LogP contribution in [0.1, 0.15) is 36.3 Å². The third-order valence-corrected chi connectivity index (χ3v) is 6.89. The van der Waals surface area contributed by atoms with Gasteiger partial charge in [0.25, 0.3) is 0 Å². The molecule has 0 bridgehead atoms. The quantitative estimate of drug-likeness (QED) is 0.389. The van der Waals surface area contributed by atoms with E-state index in [0.29, 0.717) is 27.4 Å². The van der Waals surface area contributed by atoms with Gasteiger partial charge in [0, 0.05) is 0 Å². The summed E-state index contributed by atoms with van der Waals surface area (Å²) in [6.07, 6.45) is 0.898. The lowest BCUT2D eigenvalue weighted by Crippen LogP contribution is -2.23. The highest BCUT2D eigenvalue weighted by Crippen LogP contribution is 2.33. The SMILES string of the molecule is CC[C@H](c1nnc(SCC(=O)Nc2c(Cl)ccc(C)c2Cl)n1Cc1ccccc1)N(C)C. The molecule has 1 atom stereocenters. The van der Waals surface area contributed by atoms with Gasteiger partial charge in [-0.3, -0.25) is 9.69 Å². The van der Waals surface area contributed by atoms with E-state index in [0.717, 1.165) is 23.4 Å². The molecule has 0 saturated heterocycles. The average molecular weight is 492 g/mol. The summed E-state index contributed by atoms with van der Waals surface area (Å²) in [6, 6.07) is 13.8. The van der Waals surface area contributed by atoms with Crippen molar-refractivity contribution in [3.05, 3.63) is 69.5 Å². The summed E-state index contributed by atoms with van der Waals surface area (Å²) in [6.45, 7) is 4.63. The Morgan fingerprint density at radius 1 is 1.16 bits per heavy atom. The molecule has 2 aromatic carbocycles. The number of thioether (sulfide) groups is 1. The molecule has 0 radical (unpaired) electrons. The first-order valence-electron chi connectivity index (χ1n) is 10.3. The van der Waals surface area contributed by atoms with E-state index < -0.39 is 0 Å². The molecule has 6 nitrogen and oxygen atoms in total. The van der Waals surface area contributed by atoms with E-state index in [2.05, 4.69) is 44.0 Å². The molecule has 0 fully saturated rings. The Morgan fingerprint density at radius 2 is 1.88 bits per heavy atom. The first kappa shape index (κ1) is 24.6. The molecule has 32 heavy (non-hydrogen) atoms. The number of rotatable bonds is 9. The Labute approximate surface area is 203 Å². The van der Waals surface area contributed by atoms with E-state index >= 15 is 0 Å². The number of nitrogens with zero attached hydrogens (tertiary/aromatic N) is 4. The van der Waals surface area contributed by atoms with E-state index in [1.54, 1.807) is 6.07 Å². The molecule has 0 unspecified atom stereocenters. The molecule has 1 aromatic heterocycles. The third kappa shape index (κ3) is 5.84. The topological polar surface area (TPSA) is 63.1 Å². The van der Waals surface area contributed by atoms with Gasteiger partial charge >= 0.3 is 0 Å². The van der Waals surface area contributed by atoms with Gasteiger partial charge in [0.1, 0.15) is 0 Å². The summed E-state index contributed by atoms with van der Waals surface area (Å²) < 4.78 is 2.09. The Hall–Kier alpha value is -2.06. The van der Waals surface area contributed by atoms with Crippen LogP contribution in [0.3, 0.4) is 0 Å². The van der Waals surface area contributed by atoms with Gasteiger partial charge in [0.15, 0.2) is 11.0 Å². The fraction of sp³-hybridized carbons (Fsp3) is 0.348. The van der Waals surface area contributed by atoms with Crippen molar-refractivity contribution in [3.8, 4) is 0 Å². The summed E-state index contributed by atoms with van der Waals surface area (Å²) in [5.74, 6) is 0.834. The van der Waals surface area contributed by atoms with E-state index in [1.165, 1.54) is 11.8 Å². The molecule has 0 aliphatic rings. The smallest absolute Gasteiger partial charge is 0.234 e. The largest absolute Gasteiger partial charge is 0.323 e. The maximum Gasteiger partial charge on any atom is 0.234 e. The first-order valence-corrected chi connectivity index (χ1v) is 12.1. The molecule has 9 heteroatoms. The van der Waals surface area contributed by atoms with Crippen LogP contribution in [-0.2, 0) is 11.3 Å². The normalized spacial score (nSPS) is 12.2. The van der Waals surface area contributed by atoms with Crippen molar-refractivity contribution in [2.45, 2.75) is 38.0 Å². The minimum Gasteiger partial charge on any atom is -0.323 e. The van der Waals surface area contributed by atoms with E-state index in [-0.39, 0.29) is 17.7 Å². The zero-order valence-corrected chi connectivity index (χ0v) is 20.9. The maximum atomic E-state index is 12.7. The monoisotopic (exact) mass is 491 g/mol. The van der Waals surface area contributed by atoms with Crippen molar-refractivity contribution in [2.75, 3.05) is 25.2 Å². The van der Waals surface area contributed by atoms with Crippen LogP contribution < -0.4 is 5.32 Å². The van der Waals surface area contributed by atoms with Gasteiger partial charge in [-0.1, -0.05) is 78.3 Å². The van der Waals surface area contributed by atoms with Crippen molar-refractivity contribution in [2.24, 2.45) is 0 Å². The molecule has 0 aliphatic carbocycles. The molecule has 1 heterocycles. The van der Waals surface area contributed by atoms with Crippen LogP contribution in [0.15, 0.2) is 47.6 Å². The van der Waals surface area contributed by atoms with Crippen LogP contribution in [0, 0.1) is 6.92 Å². The summed E-state index contributed by atoms with van der Waals surface area (Å²) in [5.41, 5.74) is 2.43. The molecule has 0 aliphatic heterocycles. The van der Waals surface area contributed by atoms with Gasteiger partial charge in [-0.25, -0.2) is 0 Å². The Morgan fingerprint density at radius 3 is 2.53 bits per heavy atom. The second kappa shape index (κ2) is 11.2. The third-order valence-electron chi connectivity index (χ3n) is 5.12. The molecule has 170 valence electrons. The van der Waals surface area contributed by atoms with Gasteiger partial charge in [-0.05, 0) is 44.6 Å². The average Bonchev–Trinajstić information content (AvgIpc) is 3.15. The molecule has 3 rings (SSSR count). The molecular weight excluding hydrogens is 465 g/mol. The molecule has 1 amide bonds. The summed E-state index contributed by atoms with van der Waals surface area (Å²) in [5, 5.41) is 13.3. The number of nitrogens with one attached hydrogen (secondary N) is 1. The number of hydrogen-bond donors (Lipinski definition) is 1. The van der Waals surface area contributed by atoms with Gasteiger partial charge in [0.2, 0.25) is 5.91 Å². The van der Waals surface area contributed by atoms with Crippen LogP contribution in [0.4, 0.5) is 5.69 Å². The number of anilines is 1. The van der Waals surface area contributed by atoms with E-state index in [9.17, 15) is 4.79 Å². The number of benzene rings is 2. The second-order valence-electron chi connectivity index (χ2n) is 7.69. The van der Waals surface area contributed by atoms with Crippen molar-refractivity contribution >= 4 is 46.6 Å². The minimum absolute atomic E-state index is 0.124. The highest BCUT2D eigenvalue weighted by atomic mass is 35.5. The fourth-order valence-electron chi connectivity index (χ4n) is 3.42. The van der Waals surface area contributed by atoms with Crippen LogP contribution in [0.5, 0.6) is 0 Å². The van der Waals surface area contributed by atoms with E-state index in [4.69, 9.17) is 23.2 Å². The van der Waals surface area contributed by atoms with Gasteiger partial charge in [0.05, 0.1) is 34.1 Å². The summed E-state index contributed by atoms with van der Waals surface area (Å²) >= 11 is 13.9. The number of halogens is 2. The predicted octanol–water partition coefficient (Wildman–Crippen LogP) is 5.69. The number of aryl methyl sites for hydroxylation is 1. The zero-order valence-electron chi connectivity index (χ0n) is 18.6. The van der Waals surface area contributed by atoms with Gasteiger partial charge in [-0.15, -0.1) is 10.2 Å². The lowest BCUT2D eigenvalue weighted by Gasteiger charge is -2.23. The Kier molecular flexibility index (Phi) is 8.59. The summed E-state index contributed by atoms with van der Waals surface area (Å²) in [4.78, 5) is 14.8. The Bertz CT molecular complexity index is 1070. The number of carbonyl (C=O) groups is 1.